The van der Waals surface area contributed by atoms with Gasteiger partial charge < -0.3 is 29.0 Å². The van der Waals surface area contributed by atoms with Gasteiger partial charge in [0.1, 0.15) is 11.3 Å². The molecule has 0 heterocycles. The molecule has 0 aromatic heterocycles. The maximum absolute atomic E-state index is 11.5. The zero-order valence-electron chi connectivity index (χ0n) is 19.8. The van der Waals surface area contributed by atoms with E-state index >= 15 is 0 Å². The molecule has 1 rings (SSSR count). The Morgan fingerprint density at radius 3 is 1.88 bits per heavy atom. The van der Waals surface area contributed by atoms with Crippen LogP contribution in [0.15, 0.2) is 18.2 Å². The van der Waals surface area contributed by atoms with E-state index in [1.807, 2.05) is 20.8 Å². The van der Waals surface area contributed by atoms with Crippen molar-refractivity contribution in [3.63, 3.8) is 0 Å². The number of hydrogen-bond donors (Lipinski definition) is 1. The third kappa shape index (κ3) is 13.6. The van der Waals surface area contributed by atoms with Gasteiger partial charge in [-0.3, -0.25) is 25.0 Å². The molecule has 0 spiro atoms. The van der Waals surface area contributed by atoms with Crippen LogP contribution >= 0.6 is 0 Å². The van der Waals surface area contributed by atoms with Crippen molar-refractivity contribution >= 4 is 23.0 Å². The highest BCUT2D eigenvalue weighted by Crippen LogP contribution is 2.28. The smallest absolute Gasteiger partial charge is 0.308 e. The van der Waals surface area contributed by atoms with Gasteiger partial charge in [-0.05, 0) is 26.8 Å². The zero-order valence-corrected chi connectivity index (χ0v) is 19.8. The number of rotatable bonds is 18. The lowest BCUT2D eigenvalue weighted by atomic mass is 10.2. The highest BCUT2D eigenvalue weighted by molar-refractivity contribution is 5.69. The van der Waals surface area contributed by atoms with Gasteiger partial charge in [0, 0.05) is 12.6 Å². The van der Waals surface area contributed by atoms with Crippen LogP contribution in [0.3, 0.4) is 0 Å². The molecular formula is C21H33N3O10. The maximum Gasteiger partial charge on any atom is 0.308 e. The molecule has 1 aromatic carbocycles. The minimum absolute atomic E-state index is 0.182. The largest absolute Gasteiger partial charge is 0.460 e. The molecule has 192 valence electrons. The van der Waals surface area contributed by atoms with Crippen LogP contribution in [0, 0.1) is 20.2 Å². The van der Waals surface area contributed by atoms with Crippen molar-refractivity contribution in [3.05, 3.63) is 38.4 Å². The molecule has 0 saturated heterocycles. The molecule has 0 aliphatic carbocycles. The second kappa shape index (κ2) is 15.9. The monoisotopic (exact) mass is 487 g/mol. The Balaban J connectivity index is 1.97. The summed E-state index contributed by atoms with van der Waals surface area (Å²) in [6, 6.07) is 3.41. The highest BCUT2D eigenvalue weighted by atomic mass is 16.6. The van der Waals surface area contributed by atoms with E-state index in [0.29, 0.717) is 39.6 Å². The Morgan fingerprint density at radius 2 is 1.38 bits per heavy atom. The SMILES string of the molecule is CC(C)(C)OC(=O)CCOCCOCCOCCOCCNc1ccc([N+](=O)[O-])cc1[N+](=O)[O-]. The molecule has 0 unspecified atom stereocenters. The lowest BCUT2D eigenvalue weighted by Crippen LogP contribution is -2.24. The van der Waals surface area contributed by atoms with Gasteiger partial charge in [0.2, 0.25) is 0 Å². The molecule has 1 aromatic rings. The Hall–Kier alpha value is -2.87. The summed E-state index contributed by atoms with van der Waals surface area (Å²) >= 11 is 0. The molecule has 0 radical (unpaired) electrons. The van der Waals surface area contributed by atoms with E-state index in [0.717, 1.165) is 6.07 Å². The molecule has 0 aliphatic rings. The van der Waals surface area contributed by atoms with E-state index in [-0.39, 0.29) is 49.2 Å². The van der Waals surface area contributed by atoms with Crippen LogP contribution in [0.4, 0.5) is 17.1 Å². The van der Waals surface area contributed by atoms with E-state index in [2.05, 4.69) is 5.32 Å². The van der Waals surface area contributed by atoms with Crippen LogP contribution in [-0.4, -0.2) is 80.8 Å². The average Bonchev–Trinajstić information content (AvgIpc) is 2.75. The van der Waals surface area contributed by atoms with Gasteiger partial charge in [-0.25, -0.2) is 0 Å². The van der Waals surface area contributed by atoms with Gasteiger partial charge in [0.15, 0.2) is 0 Å². The molecule has 0 saturated carbocycles. The van der Waals surface area contributed by atoms with Crippen molar-refractivity contribution in [3.8, 4) is 0 Å². The molecule has 13 heteroatoms. The summed E-state index contributed by atoms with van der Waals surface area (Å²) in [5.41, 5.74) is -1.03. The number of carbonyl (C=O) groups is 1. The molecule has 0 amide bonds. The molecule has 0 bridgehead atoms. The van der Waals surface area contributed by atoms with Crippen molar-refractivity contribution in [2.75, 3.05) is 64.7 Å². The first kappa shape index (κ1) is 29.2. The van der Waals surface area contributed by atoms with Gasteiger partial charge >= 0.3 is 5.97 Å². The first-order valence-corrected chi connectivity index (χ1v) is 10.8. The van der Waals surface area contributed by atoms with E-state index in [9.17, 15) is 25.0 Å². The van der Waals surface area contributed by atoms with Gasteiger partial charge in [-0.2, -0.15) is 0 Å². The van der Waals surface area contributed by atoms with Crippen molar-refractivity contribution in [2.24, 2.45) is 0 Å². The molecule has 34 heavy (non-hydrogen) atoms. The van der Waals surface area contributed by atoms with Gasteiger partial charge in [-0.1, -0.05) is 0 Å². The number of carbonyl (C=O) groups excluding carboxylic acids is 1. The average molecular weight is 488 g/mol. The van der Waals surface area contributed by atoms with E-state index in [1.165, 1.54) is 12.1 Å². The standard InChI is InChI=1S/C21H33N3O10/c1-21(2,3)34-20(25)6-8-30-10-12-32-14-15-33-13-11-31-9-7-22-18-5-4-17(23(26)27)16-19(18)24(28)29/h4-5,16,22H,6-15H2,1-3H3. The van der Waals surface area contributed by atoms with Crippen LogP contribution in [-0.2, 0) is 28.5 Å². The minimum atomic E-state index is -0.687. The zero-order chi connectivity index (χ0) is 25.4. The first-order chi connectivity index (χ1) is 16.1. The number of nitrogens with zero attached hydrogens (tertiary/aromatic N) is 2. The summed E-state index contributed by atoms with van der Waals surface area (Å²) in [5, 5.41) is 24.6. The number of nitro groups is 2. The van der Waals surface area contributed by atoms with Crippen LogP contribution in [0.1, 0.15) is 27.2 Å². The summed E-state index contributed by atoms with van der Waals surface area (Å²) in [4.78, 5) is 32.0. The summed E-state index contributed by atoms with van der Waals surface area (Å²) in [6.07, 6.45) is 0.195. The Bertz CT molecular complexity index is 783. The third-order valence-corrected chi connectivity index (χ3v) is 3.94. The second-order valence-electron chi connectivity index (χ2n) is 7.93. The van der Waals surface area contributed by atoms with Crippen molar-refractivity contribution in [2.45, 2.75) is 32.8 Å². The lowest BCUT2D eigenvalue weighted by Gasteiger charge is -2.19. The number of anilines is 1. The predicted molar refractivity (Wildman–Crippen MR) is 122 cm³/mol. The minimum Gasteiger partial charge on any atom is -0.460 e. The summed E-state index contributed by atoms with van der Waals surface area (Å²) in [5.74, 6) is -0.299. The number of non-ortho nitro benzene ring substituents is 1. The van der Waals surface area contributed by atoms with Gasteiger partial charge in [0.05, 0.1) is 75.2 Å². The fraction of sp³-hybridized carbons (Fsp3) is 0.667. The Morgan fingerprint density at radius 1 is 0.853 bits per heavy atom. The van der Waals surface area contributed by atoms with E-state index in [1.54, 1.807) is 0 Å². The highest BCUT2D eigenvalue weighted by Gasteiger charge is 2.19. The summed E-state index contributed by atoms with van der Waals surface area (Å²) < 4.78 is 26.6. The molecule has 0 atom stereocenters. The first-order valence-electron chi connectivity index (χ1n) is 10.8. The lowest BCUT2D eigenvalue weighted by molar-refractivity contribution is -0.393. The van der Waals surface area contributed by atoms with Crippen LogP contribution < -0.4 is 5.32 Å². The van der Waals surface area contributed by atoms with Crippen LogP contribution in [0.25, 0.3) is 0 Å². The number of hydrogen-bond acceptors (Lipinski definition) is 11. The van der Waals surface area contributed by atoms with Crippen LogP contribution in [0.2, 0.25) is 0 Å². The number of nitro benzene ring substituents is 2. The topological polar surface area (TPSA) is 162 Å². The van der Waals surface area contributed by atoms with Crippen molar-refractivity contribution in [1.82, 2.24) is 0 Å². The number of nitrogens with one attached hydrogen (secondary N) is 1. The Labute approximate surface area is 197 Å². The Kier molecular flexibility index (Phi) is 13.6. The number of ether oxygens (including phenoxy) is 5. The second-order valence-corrected chi connectivity index (χ2v) is 7.93. The summed E-state index contributed by atoms with van der Waals surface area (Å²) in [6.45, 7) is 8.48. The normalized spacial score (nSPS) is 11.3. The fourth-order valence-electron chi connectivity index (χ4n) is 2.50. The van der Waals surface area contributed by atoms with Gasteiger partial charge in [0.25, 0.3) is 11.4 Å². The molecule has 0 aliphatic heterocycles. The molecule has 13 nitrogen and oxygen atoms in total. The maximum atomic E-state index is 11.5. The number of benzene rings is 1. The van der Waals surface area contributed by atoms with Crippen molar-refractivity contribution < 1.29 is 38.3 Å². The molecule has 1 N–H and O–H groups in total. The third-order valence-electron chi connectivity index (χ3n) is 3.94. The van der Waals surface area contributed by atoms with Crippen LogP contribution in [0.5, 0.6) is 0 Å². The summed E-state index contributed by atoms with van der Waals surface area (Å²) in [7, 11) is 0. The quantitative estimate of drug-likeness (QED) is 0.140. The van der Waals surface area contributed by atoms with E-state index in [4.69, 9.17) is 23.7 Å². The fourth-order valence-corrected chi connectivity index (χ4v) is 2.50. The predicted octanol–water partition coefficient (Wildman–Crippen LogP) is 2.71. The van der Waals surface area contributed by atoms with E-state index < -0.39 is 15.4 Å². The number of esters is 1. The molecule has 0 fully saturated rings. The molecular weight excluding hydrogens is 454 g/mol. The van der Waals surface area contributed by atoms with Gasteiger partial charge in [-0.15, -0.1) is 0 Å². The van der Waals surface area contributed by atoms with Crippen molar-refractivity contribution in [1.29, 1.82) is 0 Å².